The molecule has 0 aliphatic heterocycles. The summed E-state index contributed by atoms with van der Waals surface area (Å²) >= 11 is 0. The molecule has 100 valence electrons. The van der Waals surface area contributed by atoms with Crippen LogP contribution in [0, 0.1) is 0 Å². The fourth-order valence-corrected chi connectivity index (χ4v) is 1.94. The molecule has 0 spiro atoms. The highest BCUT2D eigenvalue weighted by Gasteiger charge is 2.18. The van der Waals surface area contributed by atoms with Gasteiger partial charge < -0.3 is 10.5 Å². The van der Waals surface area contributed by atoms with Crippen LogP contribution in [0.2, 0.25) is 0 Å². The maximum Gasteiger partial charge on any atom is 0.129 e. The number of anilines is 1. The van der Waals surface area contributed by atoms with E-state index >= 15 is 0 Å². The lowest BCUT2D eigenvalue weighted by molar-refractivity contribution is 0.298. The van der Waals surface area contributed by atoms with Gasteiger partial charge in [0, 0.05) is 11.8 Å². The van der Waals surface area contributed by atoms with Crippen LogP contribution in [-0.4, -0.2) is 4.98 Å². The number of hydrogen-bond acceptors (Lipinski definition) is 3. The average Bonchev–Trinajstić information content (AvgIpc) is 2.37. The molecule has 0 unspecified atom stereocenters. The average molecular weight is 256 g/mol. The van der Waals surface area contributed by atoms with E-state index in [-0.39, 0.29) is 5.41 Å². The zero-order chi connectivity index (χ0) is 13.9. The number of rotatable bonds is 3. The Hall–Kier alpha value is -2.03. The minimum atomic E-state index is 0.0527. The third-order valence-corrected chi connectivity index (χ3v) is 3.00. The number of nitrogens with zero attached hydrogens (tertiary/aromatic N) is 1. The van der Waals surface area contributed by atoms with E-state index in [9.17, 15) is 0 Å². The van der Waals surface area contributed by atoms with Crippen molar-refractivity contribution >= 4 is 5.82 Å². The van der Waals surface area contributed by atoms with E-state index in [2.05, 4.69) is 31.8 Å². The van der Waals surface area contributed by atoms with Gasteiger partial charge >= 0.3 is 0 Å². The quantitative estimate of drug-likeness (QED) is 0.913. The molecule has 3 heteroatoms. The van der Waals surface area contributed by atoms with Crippen molar-refractivity contribution in [3.8, 4) is 5.75 Å². The first-order valence-electron chi connectivity index (χ1n) is 6.40. The van der Waals surface area contributed by atoms with Crippen LogP contribution in [0.5, 0.6) is 5.75 Å². The number of nitrogens with two attached hydrogens (primary N) is 1. The highest BCUT2D eigenvalue weighted by atomic mass is 16.5. The van der Waals surface area contributed by atoms with Crippen molar-refractivity contribution in [2.24, 2.45) is 0 Å². The number of ether oxygens (including phenoxy) is 1. The van der Waals surface area contributed by atoms with Crippen LogP contribution in [0.25, 0.3) is 0 Å². The fraction of sp³-hybridized carbons (Fsp3) is 0.312. The molecule has 2 aromatic rings. The van der Waals surface area contributed by atoms with E-state index in [4.69, 9.17) is 10.5 Å². The van der Waals surface area contributed by atoms with Crippen molar-refractivity contribution in [2.45, 2.75) is 32.8 Å². The number of benzene rings is 1. The van der Waals surface area contributed by atoms with Gasteiger partial charge in [0.15, 0.2) is 0 Å². The van der Waals surface area contributed by atoms with Crippen molar-refractivity contribution in [2.75, 3.05) is 5.73 Å². The largest absolute Gasteiger partial charge is 0.488 e. The molecule has 0 aliphatic rings. The molecule has 2 rings (SSSR count). The van der Waals surface area contributed by atoms with Gasteiger partial charge in [-0.1, -0.05) is 45.0 Å². The molecule has 19 heavy (non-hydrogen) atoms. The number of nitrogen functional groups attached to an aromatic ring is 1. The molecule has 0 bridgehead atoms. The number of hydrogen-bond donors (Lipinski definition) is 1. The summed E-state index contributed by atoms with van der Waals surface area (Å²) < 4.78 is 5.91. The molecule has 0 amide bonds. The van der Waals surface area contributed by atoms with Gasteiger partial charge in [-0.2, -0.15) is 0 Å². The Balaban J connectivity index is 2.19. The molecule has 0 radical (unpaired) electrons. The predicted molar refractivity (Wildman–Crippen MR) is 78.1 cm³/mol. The Bertz CT molecular complexity index is 559. The van der Waals surface area contributed by atoms with Gasteiger partial charge in [0.2, 0.25) is 0 Å². The summed E-state index contributed by atoms with van der Waals surface area (Å²) in [5.74, 6) is 1.42. The van der Waals surface area contributed by atoms with Gasteiger partial charge in [0.25, 0.3) is 0 Å². The second-order valence-corrected chi connectivity index (χ2v) is 5.58. The minimum Gasteiger partial charge on any atom is -0.488 e. The third-order valence-electron chi connectivity index (χ3n) is 3.00. The summed E-state index contributed by atoms with van der Waals surface area (Å²) in [6.07, 6.45) is 1.68. The first-order valence-corrected chi connectivity index (χ1v) is 6.40. The Labute approximate surface area is 114 Å². The number of pyridine rings is 1. The summed E-state index contributed by atoms with van der Waals surface area (Å²) in [5.41, 5.74) is 7.97. The second kappa shape index (κ2) is 5.31. The topological polar surface area (TPSA) is 48.1 Å². The standard InChI is InChI=1S/C16H20N2O/c1-16(2,3)13-8-4-5-9-14(13)19-11-12-7-6-10-18-15(12)17/h4-10H,11H2,1-3H3,(H2,17,18). The molecule has 1 aromatic carbocycles. The third kappa shape index (κ3) is 3.25. The van der Waals surface area contributed by atoms with Crippen molar-refractivity contribution in [3.05, 3.63) is 53.7 Å². The first-order chi connectivity index (χ1) is 8.98. The summed E-state index contributed by atoms with van der Waals surface area (Å²) in [6.45, 7) is 6.96. The van der Waals surface area contributed by atoms with Crippen molar-refractivity contribution in [1.29, 1.82) is 0 Å². The van der Waals surface area contributed by atoms with E-state index < -0.39 is 0 Å². The summed E-state index contributed by atoms with van der Waals surface area (Å²) in [7, 11) is 0. The highest BCUT2D eigenvalue weighted by Crippen LogP contribution is 2.31. The van der Waals surface area contributed by atoms with Gasteiger partial charge in [-0.25, -0.2) is 4.98 Å². The molecule has 1 aromatic heterocycles. The van der Waals surface area contributed by atoms with E-state index in [1.807, 2.05) is 30.3 Å². The second-order valence-electron chi connectivity index (χ2n) is 5.58. The fourth-order valence-electron chi connectivity index (χ4n) is 1.94. The zero-order valence-corrected chi connectivity index (χ0v) is 11.7. The molecular weight excluding hydrogens is 236 g/mol. The van der Waals surface area contributed by atoms with Crippen molar-refractivity contribution in [3.63, 3.8) is 0 Å². The molecule has 0 atom stereocenters. The van der Waals surface area contributed by atoms with Gasteiger partial charge in [-0.15, -0.1) is 0 Å². The normalized spacial score (nSPS) is 11.3. The van der Waals surface area contributed by atoms with Crippen LogP contribution in [0.4, 0.5) is 5.82 Å². The monoisotopic (exact) mass is 256 g/mol. The molecule has 0 fully saturated rings. The van der Waals surface area contributed by atoms with Gasteiger partial charge in [0.05, 0.1) is 0 Å². The smallest absolute Gasteiger partial charge is 0.129 e. The molecule has 3 nitrogen and oxygen atoms in total. The van der Waals surface area contributed by atoms with Crippen LogP contribution in [0.3, 0.4) is 0 Å². The maximum atomic E-state index is 5.91. The molecule has 0 aliphatic carbocycles. The summed E-state index contributed by atoms with van der Waals surface area (Å²) in [4.78, 5) is 4.06. The van der Waals surface area contributed by atoms with Crippen molar-refractivity contribution in [1.82, 2.24) is 4.98 Å². The molecule has 1 heterocycles. The predicted octanol–water partition coefficient (Wildman–Crippen LogP) is 3.54. The van der Waals surface area contributed by atoms with E-state index in [0.717, 1.165) is 11.3 Å². The van der Waals surface area contributed by atoms with Crippen LogP contribution in [0.15, 0.2) is 42.6 Å². The number of para-hydroxylation sites is 1. The Kier molecular flexibility index (Phi) is 3.74. The first kappa shape index (κ1) is 13.4. The van der Waals surface area contributed by atoms with Gasteiger partial charge in [0.1, 0.15) is 18.2 Å². The van der Waals surface area contributed by atoms with Gasteiger partial charge in [-0.05, 0) is 23.1 Å². The summed E-state index contributed by atoms with van der Waals surface area (Å²) in [6, 6.07) is 11.9. The maximum absolute atomic E-state index is 5.91. The lowest BCUT2D eigenvalue weighted by atomic mass is 9.86. The van der Waals surface area contributed by atoms with E-state index in [1.165, 1.54) is 5.56 Å². The molecular formula is C16H20N2O. The Morgan fingerprint density at radius 1 is 1.11 bits per heavy atom. The highest BCUT2D eigenvalue weighted by molar-refractivity contribution is 5.41. The lowest BCUT2D eigenvalue weighted by Gasteiger charge is -2.22. The van der Waals surface area contributed by atoms with E-state index in [1.54, 1.807) is 6.20 Å². The lowest BCUT2D eigenvalue weighted by Crippen LogP contribution is -2.13. The molecule has 0 saturated carbocycles. The number of aromatic nitrogens is 1. The van der Waals surface area contributed by atoms with Crippen molar-refractivity contribution < 1.29 is 4.74 Å². The SMILES string of the molecule is CC(C)(C)c1ccccc1OCc1cccnc1N. The molecule has 0 saturated heterocycles. The summed E-state index contributed by atoms with van der Waals surface area (Å²) in [5, 5.41) is 0. The van der Waals surface area contributed by atoms with Crippen LogP contribution >= 0.6 is 0 Å². The Morgan fingerprint density at radius 2 is 1.84 bits per heavy atom. The molecule has 2 N–H and O–H groups in total. The zero-order valence-electron chi connectivity index (χ0n) is 11.7. The van der Waals surface area contributed by atoms with Crippen LogP contribution in [0.1, 0.15) is 31.9 Å². The Morgan fingerprint density at radius 3 is 2.53 bits per heavy atom. The van der Waals surface area contributed by atoms with Crippen LogP contribution < -0.4 is 10.5 Å². The van der Waals surface area contributed by atoms with Crippen LogP contribution in [-0.2, 0) is 12.0 Å². The minimum absolute atomic E-state index is 0.0527. The van der Waals surface area contributed by atoms with Gasteiger partial charge in [-0.3, -0.25) is 0 Å². The van der Waals surface area contributed by atoms with E-state index in [0.29, 0.717) is 12.4 Å².